The van der Waals surface area contributed by atoms with Crippen LogP contribution in [0.1, 0.15) is 25.7 Å². The van der Waals surface area contributed by atoms with Crippen LogP contribution in [0.25, 0.3) is 0 Å². The maximum absolute atomic E-state index is 11.1. The second-order valence-corrected chi connectivity index (χ2v) is 3.12. The van der Waals surface area contributed by atoms with Gasteiger partial charge >= 0.3 is 11.9 Å². The molecular weight excluding hydrogens is 172 g/mol. The first-order valence-electron chi connectivity index (χ1n) is 4.47. The van der Waals surface area contributed by atoms with E-state index in [9.17, 15) is 9.59 Å². The van der Waals surface area contributed by atoms with Crippen LogP contribution in [-0.4, -0.2) is 25.7 Å². The lowest BCUT2D eigenvalue weighted by molar-refractivity contribution is -0.153. The molecule has 1 unspecified atom stereocenters. The van der Waals surface area contributed by atoms with Gasteiger partial charge in [0.1, 0.15) is 0 Å². The standard InChI is InChI=1S/C9H14O4/c1-12-8(10)5-4-7-3-2-6-13-9(7)11/h7H,2-6H2,1H3. The third-order valence-electron chi connectivity index (χ3n) is 2.20. The average molecular weight is 186 g/mol. The van der Waals surface area contributed by atoms with Gasteiger partial charge in [0, 0.05) is 6.42 Å². The summed E-state index contributed by atoms with van der Waals surface area (Å²) >= 11 is 0. The molecule has 1 aliphatic rings. The van der Waals surface area contributed by atoms with Crippen LogP contribution in [0.3, 0.4) is 0 Å². The molecule has 1 atom stereocenters. The van der Waals surface area contributed by atoms with Crippen LogP contribution in [0.2, 0.25) is 0 Å². The lowest BCUT2D eigenvalue weighted by Gasteiger charge is -2.19. The van der Waals surface area contributed by atoms with Crippen molar-refractivity contribution in [2.75, 3.05) is 13.7 Å². The van der Waals surface area contributed by atoms with E-state index in [1.165, 1.54) is 7.11 Å². The summed E-state index contributed by atoms with van der Waals surface area (Å²) in [4.78, 5) is 21.9. The van der Waals surface area contributed by atoms with E-state index >= 15 is 0 Å². The van der Waals surface area contributed by atoms with Crippen molar-refractivity contribution in [2.24, 2.45) is 5.92 Å². The van der Waals surface area contributed by atoms with Crippen LogP contribution in [-0.2, 0) is 19.1 Å². The number of carbonyl (C=O) groups excluding carboxylic acids is 2. The van der Waals surface area contributed by atoms with Crippen molar-refractivity contribution >= 4 is 11.9 Å². The first kappa shape index (κ1) is 10.0. The SMILES string of the molecule is COC(=O)CCC1CCCOC1=O. The summed E-state index contributed by atoms with van der Waals surface area (Å²) in [5.74, 6) is -0.540. The first-order valence-corrected chi connectivity index (χ1v) is 4.47. The fourth-order valence-electron chi connectivity index (χ4n) is 1.39. The molecule has 0 aromatic carbocycles. The molecule has 1 aliphatic heterocycles. The number of esters is 2. The van der Waals surface area contributed by atoms with Crippen LogP contribution in [0.15, 0.2) is 0 Å². The molecule has 13 heavy (non-hydrogen) atoms. The van der Waals surface area contributed by atoms with E-state index < -0.39 is 0 Å². The molecule has 0 spiro atoms. The highest BCUT2D eigenvalue weighted by atomic mass is 16.5. The third kappa shape index (κ3) is 3.05. The smallest absolute Gasteiger partial charge is 0.308 e. The lowest BCUT2D eigenvalue weighted by Crippen LogP contribution is -2.24. The van der Waals surface area contributed by atoms with Crippen LogP contribution >= 0.6 is 0 Å². The second kappa shape index (κ2) is 4.84. The summed E-state index contributed by atoms with van der Waals surface area (Å²) in [5, 5.41) is 0. The highest BCUT2D eigenvalue weighted by Gasteiger charge is 2.24. The quantitative estimate of drug-likeness (QED) is 0.614. The first-order chi connectivity index (χ1) is 6.24. The highest BCUT2D eigenvalue weighted by Crippen LogP contribution is 2.20. The molecule has 0 aromatic heterocycles. The summed E-state index contributed by atoms with van der Waals surface area (Å²) in [6, 6.07) is 0. The Morgan fingerprint density at radius 1 is 1.69 bits per heavy atom. The lowest BCUT2D eigenvalue weighted by atomic mass is 9.96. The number of hydrogen-bond acceptors (Lipinski definition) is 4. The van der Waals surface area contributed by atoms with Crippen molar-refractivity contribution < 1.29 is 19.1 Å². The van der Waals surface area contributed by atoms with E-state index in [1.54, 1.807) is 0 Å². The molecule has 1 heterocycles. The van der Waals surface area contributed by atoms with Gasteiger partial charge in [-0.25, -0.2) is 0 Å². The predicted molar refractivity (Wildman–Crippen MR) is 44.9 cm³/mol. The van der Waals surface area contributed by atoms with Gasteiger partial charge in [0.15, 0.2) is 0 Å². The average Bonchev–Trinajstić information content (AvgIpc) is 2.16. The molecule has 0 radical (unpaired) electrons. The molecule has 0 aliphatic carbocycles. The van der Waals surface area contributed by atoms with Crippen molar-refractivity contribution in [3.05, 3.63) is 0 Å². The minimum absolute atomic E-state index is 0.104. The van der Waals surface area contributed by atoms with Crippen molar-refractivity contribution in [3.63, 3.8) is 0 Å². The van der Waals surface area contributed by atoms with Gasteiger partial charge in [0.2, 0.25) is 0 Å². The summed E-state index contributed by atoms with van der Waals surface area (Å²) < 4.78 is 9.35. The maximum Gasteiger partial charge on any atom is 0.308 e. The number of rotatable bonds is 3. The fraction of sp³-hybridized carbons (Fsp3) is 0.778. The third-order valence-corrected chi connectivity index (χ3v) is 2.20. The number of hydrogen-bond donors (Lipinski definition) is 0. The molecule has 1 fully saturated rings. The van der Waals surface area contributed by atoms with Gasteiger partial charge in [0.05, 0.1) is 19.6 Å². The van der Waals surface area contributed by atoms with E-state index in [0.29, 0.717) is 19.4 Å². The molecule has 0 bridgehead atoms. The van der Waals surface area contributed by atoms with Gasteiger partial charge in [-0.15, -0.1) is 0 Å². The number of cyclic esters (lactones) is 1. The Labute approximate surface area is 77.2 Å². The zero-order valence-electron chi connectivity index (χ0n) is 7.75. The molecule has 0 amide bonds. The Bertz CT molecular complexity index is 200. The van der Waals surface area contributed by atoms with Crippen molar-refractivity contribution in [3.8, 4) is 0 Å². The monoisotopic (exact) mass is 186 g/mol. The van der Waals surface area contributed by atoms with Crippen molar-refractivity contribution in [1.29, 1.82) is 0 Å². The topological polar surface area (TPSA) is 52.6 Å². The summed E-state index contributed by atoms with van der Waals surface area (Å²) in [5.41, 5.74) is 0. The molecule has 0 saturated carbocycles. The van der Waals surface area contributed by atoms with E-state index in [-0.39, 0.29) is 17.9 Å². The van der Waals surface area contributed by atoms with Crippen LogP contribution in [0.4, 0.5) is 0 Å². The molecule has 1 rings (SSSR count). The van der Waals surface area contributed by atoms with Gasteiger partial charge in [0.25, 0.3) is 0 Å². The summed E-state index contributed by atoms with van der Waals surface area (Å²) in [7, 11) is 1.35. The normalized spacial score (nSPS) is 22.2. The van der Waals surface area contributed by atoms with E-state index in [1.807, 2.05) is 0 Å². The number of carbonyl (C=O) groups is 2. The summed E-state index contributed by atoms with van der Waals surface area (Å²) in [6.45, 7) is 0.521. The Hall–Kier alpha value is -1.06. The molecule has 4 nitrogen and oxygen atoms in total. The van der Waals surface area contributed by atoms with Gasteiger partial charge < -0.3 is 9.47 Å². The van der Waals surface area contributed by atoms with Crippen molar-refractivity contribution in [2.45, 2.75) is 25.7 Å². The fourth-order valence-corrected chi connectivity index (χ4v) is 1.39. The molecule has 74 valence electrons. The van der Waals surface area contributed by atoms with E-state index in [4.69, 9.17) is 4.74 Å². The Kier molecular flexibility index (Phi) is 3.73. The largest absolute Gasteiger partial charge is 0.469 e. The van der Waals surface area contributed by atoms with Crippen LogP contribution in [0, 0.1) is 5.92 Å². The molecule has 0 N–H and O–H groups in total. The zero-order chi connectivity index (χ0) is 9.68. The number of ether oxygens (including phenoxy) is 2. The van der Waals surface area contributed by atoms with Crippen LogP contribution < -0.4 is 0 Å². The molecule has 4 heteroatoms. The van der Waals surface area contributed by atoms with Gasteiger partial charge in [-0.05, 0) is 19.3 Å². The van der Waals surface area contributed by atoms with E-state index in [2.05, 4.69) is 4.74 Å². The van der Waals surface area contributed by atoms with Gasteiger partial charge in [-0.1, -0.05) is 0 Å². The van der Waals surface area contributed by atoms with E-state index in [0.717, 1.165) is 12.8 Å². The Morgan fingerprint density at radius 3 is 3.08 bits per heavy atom. The summed E-state index contributed by atoms with van der Waals surface area (Å²) in [6.07, 6.45) is 2.58. The predicted octanol–water partition coefficient (Wildman–Crippen LogP) is 0.893. The molecular formula is C9H14O4. The molecule has 0 aromatic rings. The van der Waals surface area contributed by atoms with Gasteiger partial charge in [-0.3, -0.25) is 9.59 Å². The highest BCUT2D eigenvalue weighted by molar-refractivity contribution is 5.74. The van der Waals surface area contributed by atoms with Crippen LogP contribution in [0.5, 0.6) is 0 Å². The Morgan fingerprint density at radius 2 is 2.46 bits per heavy atom. The molecule has 1 saturated heterocycles. The zero-order valence-corrected chi connectivity index (χ0v) is 7.75. The second-order valence-electron chi connectivity index (χ2n) is 3.12. The minimum Gasteiger partial charge on any atom is -0.469 e. The van der Waals surface area contributed by atoms with Gasteiger partial charge in [-0.2, -0.15) is 0 Å². The Balaban J connectivity index is 2.26. The van der Waals surface area contributed by atoms with Crippen molar-refractivity contribution in [1.82, 2.24) is 0 Å². The minimum atomic E-state index is -0.265. The maximum atomic E-state index is 11.1. The number of methoxy groups -OCH3 is 1.